The Bertz CT molecular complexity index is 854. The Balaban J connectivity index is 0.00000363. The van der Waals surface area contributed by atoms with Crippen LogP contribution in [0.3, 0.4) is 0 Å². The van der Waals surface area contributed by atoms with Gasteiger partial charge in [-0.15, -0.1) is 12.4 Å². The molecule has 0 saturated carbocycles. The van der Waals surface area contributed by atoms with E-state index in [0.717, 1.165) is 48.1 Å². The fourth-order valence-corrected chi connectivity index (χ4v) is 3.75. The number of aliphatic hydroxyl groups is 1. The second-order valence-electron chi connectivity index (χ2n) is 8.51. The van der Waals surface area contributed by atoms with Crippen molar-refractivity contribution in [2.75, 3.05) is 58.9 Å². The Kier molecular flexibility index (Phi) is 9.96. The number of β-amino-alcohol motifs (C(OH)–C–C–N with tert-alkyl or cyclic N) is 1. The molecule has 1 unspecified atom stereocenters. The molecule has 8 nitrogen and oxygen atoms in total. The van der Waals surface area contributed by atoms with Gasteiger partial charge in [-0.05, 0) is 51.6 Å². The SMILES string of the molecule is COc1cc(CNCC2(O)CCN(c3cc(C)ncn3)C2)ccc1OCCCN(C)C.Cl. The summed E-state index contributed by atoms with van der Waals surface area (Å²) in [5.74, 6) is 2.36. The summed E-state index contributed by atoms with van der Waals surface area (Å²) < 4.78 is 11.4. The van der Waals surface area contributed by atoms with Crippen LogP contribution in [0.25, 0.3) is 0 Å². The van der Waals surface area contributed by atoms with Crippen molar-refractivity contribution < 1.29 is 14.6 Å². The summed E-state index contributed by atoms with van der Waals surface area (Å²) >= 11 is 0. The quantitative estimate of drug-likeness (QED) is 0.489. The summed E-state index contributed by atoms with van der Waals surface area (Å²) in [4.78, 5) is 12.7. The lowest BCUT2D eigenvalue weighted by Gasteiger charge is -2.24. The molecule has 1 aliphatic rings. The van der Waals surface area contributed by atoms with E-state index in [2.05, 4.69) is 39.2 Å². The van der Waals surface area contributed by atoms with Gasteiger partial charge in [0.1, 0.15) is 12.1 Å². The largest absolute Gasteiger partial charge is 0.493 e. The standard InChI is InChI=1S/C23H35N5O3.ClH/c1-18-12-22(26-17-25-18)28-10-8-23(29,16-28)15-24-14-19-6-7-20(21(13-19)30-4)31-11-5-9-27(2)3;/h6-7,12-13,17,24,29H,5,8-11,14-16H2,1-4H3;1H. The zero-order chi connectivity index (χ0) is 22.3. The molecule has 1 atom stereocenters. The van der Waals surface area contributed by atoms with E-state index in [9.17, 15) is 5.11 Å². The van der Waals surface area contributed by atoms with Crippen molar-refractivity contribution in [1.29, 1.82) is 0 Å². The molecule has 2 heterocycles. The molecule has 1 aromatic carbocycles. The third-order valence-corrected chi connectivity index (χ3v) is 5.46. The number of hydrogen-bond donors (Lipinski definition) is 2. The smallest absolute Gasteiger partial charge is 0.161 e. The van der Waals surface area contributed by atoms with Crippen molar-refractivity contribution in [1.82, 2.24) is 20.2 Å². The van der Waals surface area contributed by atoms with E-state index in [1.54, 1.807) is 13.4 Å². The van der Waals surface area contributed by atoms with E-state index >= 15 is 0 Å². The van der Waals surface area contributed by atoms with Crippen molar-refractivity contribution in [2.45, 2.75) is 31.9 Å². The Hall–Kier alpha value is -2.13. The van der Waals surface area contributed by atoms with E-state index in [-0.39, 0.29) is 12.4 Å². The maximum absolute atomic E-state index is 11.0. The number of halogens is 1. The molecular formula is C23H36ClN5O3. The molecule has 0 bridgehead atoms. The third kappa shape index (κ3) is 7.48. The highest BCUT2D eigenvalue weighted by Gasteiger charge is 2.36. The Labute approximate surface area is 197 Å². The van der Waals surface area contributed by atoms with Crippen LogP contribution in [0, 0.1) is 6.92 Å². The van der Waals surface area contributed by atoms with Crippen LogP contribution in [0.15, 0.2) is 30.6 Å². The zero-order valence-corrected chi connectivity index (χ0v) is 20.3. The first kappa shape index (κ1) is 26.1. The molecule has 1 aliphatic heterocycles. The highest BCUT2D eigenvalue weighted by atomic mass is 35.5. The number of hydrogen-bond acceptors (Lipinski definition) is 8. The molecule has 32 heavy (non-hydrogen) atoms. The van der Waals surface area contributed by atoms with Gasteiger partial charge in [-0.1, -0.05) is 6.07 Å². The van der Waals surface area contributed by atoms with Crippen LogP contribution in [0.1, 0.15) is 24.1 Å². The molecule has 1 aromatic heterocycles. The molecule has 3 rings (SSSR count). The molecule has 2 N–H and O–H groups in total. The lowest BCUT2D eigenvalue weighted by atomic mass is 10.0. The maximum Gasteiger partial charge on any atom is 0.161 e. The first-order chi connectivity index (χ1) is 14.9. The van der Waals surface area contributed by atoms with Gasteiger partial charge in [0.25, 0.3) is 0 Å². The van der Waals surface area contributed by atoms with E-state index in [4.69, 9.17) is 9.47 Å². The predicted octanol–water partition coefficient (Wildman–Crippen LogP) is 2.28. The van der Waals surface area contributed by atoms with Crippen LogP contribution < -0.4 is 19.7 Å². The highest BCUT2D eigenvalue weighted by Crippen LogP contribution is 2.29. The Morgan fingerprint density at radius 1 is 1.22 bits per heavy atom. The minimum atomic E-state index is -0.779. The topological polar surface area (TPSA) is 83.0 Å². The van der Waals surface area contributed by atoms with Crippen LogP contribution in [0.5, 0.6) is 11.5 Å². The van der Waals surface area contributed by atoms with Crippen molar-refractivity contribution in [2.24, 2.45) is 0 Å². The molecule has 1 saturated heterocycles. The van der Waals surface area contributed by atoms with E-state index in [1.165, 1.54) is 0 Å². The van der Waals surface area contributed by atoms with Crippen molar-refractivity contribution in [3.63, 3.8) is 0 Å². The highest BCUT2D eigenvalue weighted by molar-refractivity contribution is 5.85. The minimum Gasteiger partial charge on any atom is -0.493 e. The summed E-state index contributed by atoms with van der Waals surface area (Å²) in [6.45, 7) is 6.08. The molecule has 0 aliphatic carbocycles. The molecular weight excluding hydrogens is 430 g/mol. The number of nitrogens with zero attached hydrogens (tertiary/aromatic N) is 4. The molecule has 2 aromatic rings. The molecule has 178 valence electrons. The maximum atomic E-state index is 11.0. The van der Waals surface area contributed by atoms with Gasteiger partial charge in [-0.2, -0.15) is 0 Å². The van der Waals surface area contributed by atoms with Crippen molar-refractivity contribution in [3.8, 4) is 11.5 Å². The normalized spacial score (nSPS) is 18.0. The van der Waals surface area contributed by atoms with Gasteiger partial charge in [0.15, 0.2) is 11.5 Å². The number of nitrogens with one attached hydrogen (secondary N) is 1. The Morgan fingerprint density at radius 2 is 2.03 bits per heavy atom. The van der Waals surface area contributed by atoms with Crippen LogP contribution >= 0.6 is 12.4 Å². The first-order valence-corrected chi connectivity index (χ1v) is 10.8. The van der Waals surface area contributed by atoms with Crippen LogP contribution in [-0.2, 0) is 6.54 Å². The summed E-state index contributed by atoms with van der Waals surface area (Å²) in [7, 11) is 5.77. The number of ether oxygens (including phenoxy) is 2. The van der Waals surface area contributed by atoms with Crippen LogP contribution in [0.2, 0.25) is 0 Å². The zero-order valence-electron chi connectivity index (χ0n) is 19.5. The monoisotopic (exact) mass is 465 g/mol. The van der Waals surface area contributed by atoms with Gasteiger partial charge in [0.2, 0.25) is 0 Å². The van der Waals surface area contributed by atoms with Gasteiger partial charge < -0.3 is 29.7 Å². The summed E-state index contributed by atoms with van der Waals surface area (Å²) in [6, 6.07) is 7.93. The first-order valence-electron chi connectivity index (χ1n) is 10.8. The van der Waals surface area contributed by atoms with Crippen molar-refractivity contribution in [3.05, 3.63) is 41.9 Å². The minimum absolute atomic E-state index is 0. The van der Waals surface area contributed by atoms with Gasteiger partial charge >= 0.3 is 0 Å². The summed E-state index contributed by atoms with van der Waals surface area (Å²) in [5.41, 5.74) is 1.23. The molecule has 0 amide bonds. The average Bonchev–Trinajstić information content (AvgIpc) is 3.14. The summed E-state index contributed by atoms with van der Waals surface area (Å²) in [6.07, 6.45) is 3.24. The average molecular weight is 466 g/mol. The fraction of sp³-hybridized carbons (Fsp3) is 0.565. The van der Waals surface area contributed by atoms with Gasteiger partial charge in [0, 0.05) is 44.5 Å². The third-order valence-electron chi connectivity index (χ3n) is 5.46. The molecule has 0 spiro atoms. The molecule has 0 radical (unpaired) electrons. The number of benzene rings is 1. The number of rotatable bonds is 11. The number of anilines is 1. The molecule has 1 fully saturated rings. The van der Waals surface area contributed by atoms with E-state index in [0.29, 0.717) is 32.7 Å². The number of aromatic nitrogens is 2. The predicted molar refractivity (Wildman–Crippen MR) is 129 cm³/mol. The number of aryl methyl sites for hydroxylation is 1. The number of methoxy groups -OCH3 is 1. The van der Waals surface area contributed by atoms with Crippen LogP contribution in [0.4, 0.5) is 5.82 Å². The van der Waals surface area contributed by atoms with Gasteiger partial charge in [-0.25, -0.2) is 9.97 Å². The van der Waals surface area contributed by atoms with Crippen molar-refractivity contribution >= 4 is 18.2 Å². The Morgan fingerprint density at radius 3 is 2.75 bits per heavy atom. The second-order valence-corrected chi connectivity index (χ2v) is 8.51. The lowest BCUT2D eigenvalue weighted by Crippen LogP contribution is -2.43. The van der Waals surface area contributed by atoms with E-state index < -0.39 is 5.60 Å². The lowest BCUT2D eigenvalue weighted by molar-refractivity contribution is 0.0626. The van der Waals surface area contributed by atoms with Gasteiger partial charge in [0.05, 0.1) is 19.3 Å². The van der Waals surface area contributed by atoms with Gasteiger partial charge in [-0.3, -0.25) is 0 Å². The summed E-state index contributed by atoms with van der Waals surface area (Å²) in [5, 5.41) is 14.4. The fourth-order valence-electron chi connectivity index (χ4n) is 3.75. The van der Waals surface area contributed by atoms with E-state index in [1.807, 2.05) is 31.2 Å². The van der Waals surface area contributed by atoms with Crippen LogP contribution in [-0.4, -0.2) is 79.6 Å². The second kappa shape index (κ2) is 12.2. The molecule has 9 heteroatoms.